The fourth-order valence-corrected chi connectivity index (χ4v) is 2.34. The summed E-state index contributed by atoms with van der Waals surface area (Å²) in [6, 6.07) is 7.64. The average molecular weight is 322 g/mol. The highest BCUT2D eigenvalue weighted by Gasteiger charge is 2.32. The van der Waals surface area contributed by atoms with Crippen LogP contribution in [0.2, 0.25) is 0 Å². The third-order valence-corrected chi connectivity index (χ3v) is 3.41. The number of benzene rings is 1. The Balaban J connectivity index is 2.24. The number of carbonyl (C=O) groups is 1. The summed E-state index contributed by atoms with van der Waals surface area (Å²) in [6.07, 6.45) is -4.04. The number of carbonyl (C=O) groups excluding carboxylic acids is 1. The molecule has 128 valence electrons. The molecule has 1 aliphatic rings. The molecule has 1 aromatic carbocycles. The molecule has 4 heteroatoms. The fraction of sp³-hybridized carbons (Fsp3) is 0.632. The fourth-order valence-electron chi connectivity index (χ4n) is 2.34. The summed E-state index contributed by atoms with van der Waals surface area (Å²) in [5.41, 5.74) is 0.250. The SMILES string of the molecule is [2H]C1[C@H](C)CN(C(=O)OC(C)(C)C)[C@]([2H])(CNCc2ccccc2)C1([2H])[2H]. The van der Waals surface area contributed by atoms with Crippen molar-refractivity contribution in [3.63, 3.8) is 0 Å². The van der Waals surface area contributed by atoms with Gasteiger partial charge in [-0.25, -0.2) is 4.79 Å². The molecule has 1 fully saturated rings. The minimum Gasteiger partial charge on any atom is -0.444 e. The predicted molar refractivity (Wildman–Crippen MR) is 93.3 cm³/mol. The standard InChI is InChI=1S/C19H30N2O2/c1-15-10-11-17(13-20-12-16-8-6-5-7-9-16)21(14-15)18(22)23-19(2,3)4/h5-9,15,17,20H,10-14H2,1-4H3/t15-,17-/m0/s1/i10D,11D2,17D/t10?,15-,17-. The van der Waals surface area contributed by atoms with Gasteiger partial charge in [0.15, 0.2) is 0 Å². The first-order valence-corrected chi connectivity index (χ1v) is 8.06. The van der Waals surface area contributed by atoms with Gasteiger partial charge in [-0.15, -0.1) is 0 Å². The lowest BCUT2D eigenvalue weighted by Gasteiger charge is -2.39. The van der Waals surface area contributed by atoms with Crippen LogP contribution < -0.4 is 5.32 Å². The smallest absolute Gasteiger partial charge is 0.410 e. The van der Waals surface area contributed by atoms with Crippen LogP contribution in [0.5, 0.6) is 0 Å². The summed E-state index contributed by atoms with van der Waals surface area (Å²) in [4.78, 5) is 13.9. The van der Waals surface area contributed by atoms with Crippen LogP contribution in [0.15, 0.2) is 30.3 Å². The second kappa shape index (κ2) is 7.82. The first-order valence-electron chi connectivity index (χ1n) is 10.1. The van der Waals surface area contributed by atoms with Gasteiger partial charge in [-0.05, 0) is 45.0 Å². The zero-order valence-electron chi connectivity index (χ0n) is 18.4. The second-order valence-corrected chi connectivity index (χ2v) is 6.92. The lowest BCUT2D eigenvalue weighted by atomic mass is 9.94. The molecule has 23 heavy (non-hydrogen) atoms. The van der Waals surface area contributed by atoms with Crippen molar-refractivity contribution in [2.45, 2.75) is 58.6 Å². The molecule has 4 nitrogen and oxygen atoms in total. The number of ether oxygens (including phenoxy) is 1. The molecular formula is C19H30N2O2. The first kappa shape index (κ1) is 12.8. The van der Waals surface area contributed by atoms with Crippen molar-refractivity contribution >= 4 is 6.09 Å². The first-order chi connectivity index (χ1) is 12.4. The third-order valence-electron chi connectivity index (χ3n) is 3.41. The maximum absolute atomic E-state index is 12.7. The molecule has 1 N–H and O–H groups in total. The lowest BCUT2D eigenvalue weighted by Crippen LogP contribution is -2.51. The number of hydrogen-bond donors (Lipinski definition) is 1. The summed E-state index contributed by atoms with van der Waals surface area (Å²) in [7, 11) is 0. The van der Waals surface area contributed by atoms with E-state index in [1.807, 2.05) is 30.3 Å². The molecule has 3 atom stereocenters. The topological polar surface area (TPSA) is 41.6 Å². The van der Waals surface area contributed by atoms with Gasteiger partial charge in [-0.3, -0.25) is 0 Å². The van der Waals surface area contributed by atoms with E-state index >= 15 is 0 Å². The molecule has 0 spiro atoms. The van der Waals surface area contributed by atoms with Gasteiger partial charge in [0.1, 0.15) is 5.60 Å². The van der Waals surface area contributed by atoms with Crippen molar-refractivity contribution in [2.24, 2.45) is 5.92 Å². The van der Waals surface area contributed by atoms with E-state index in [1.54, 1.807) is 27.7 Å². The Labute approximate surface area is 145 Å². The summed E-state index contributed by atoms with van der Waals surface area (Å²) in [6.45, 7) is 7.38. The van der Waals surface area contributed by atoms with E-state index in [2.05, 4.69) is 5.32 Å². The van der Waals surface area contributed by atoms with Crippen LogP contribution in [0.25, 0.3) is 0 Å². The molecular weight excluding hydrogens is 288 g/mol. The molecule has 1 amide bonds. The number of nitrogens with one attached hydrogen (secondary N) is 1. The summed E-state index contributed by atoms with van der Waals surface area (Å²) in [5, 5.41) is 3.09. The number of nitrogens with zero attached hydrogens (tertiary/aromatic N) is 1. The number of hydrogen-bond acceptors (Lipinski definition) is 3. The quantitative estimate of drug-likeness (QED) is 0.916. The van der Waals surface area contributed by atoms with Gasteiger partial charge < -0.3 is 15.0 Å². The molecule has 2 rings (SSSR count). The predicted octanol–water partition coefficient (Wildman–Crippen LogP) is 3.81. The zero-order chi connectivity index (χ0) is 20.5. The zero-order valence-corrected chi connectivity index (χ0v) is 14.4. The van der Waals surface area contributed by atoms with Crippen LogP contribution in [-0.4, -0.2) is 35.7 Å². The van der Waals surface area contributed by atoms with Crippen LogP contribution in [0, 0.1) is 5.92 Å². The minimum atomic E-state index is -2.22. The Kier molecular flexibility index (Phi) is 4.36. The highest BCUT2D eigenvalue weighted by Crippen LogP contribution is 2.23. The monoisotopic (exact) mass is 322 g/mol. The van der Waals surface area contributed by atoms with E-state index < -0.39 is 36.4 Å². The van der Waals surface area contributed by atoms with Gasteiger partial charge >= 0.3 is 6.09 Å². The molecule has 0 aliphatic carbocycles. The van der Waals surface area contributed by atoms with Crippen LogP contribution >= 0.6 is 0 Å². The van der Waals surface area contributed by atoms with E-state index in [9.17, 15) is 4.79 Å². The maximum Gasteiger partial charge on any atom is 0.410 e. The molecule has 1 aliphatic heterocycles. The Morgan fingerprint density at radius 3 is 2.78 bits per heavy atom. The van der Waals surface area contributed by atoms with Crippen molar-refractivity contribution in [1.82, 2.24) is 10.2 Å². The maximum atomic E-state index is 12.7. The number of rotatable bonds is 4. The summed E-state index contributed by atoms with van der Waals surface area (Å²) < 4.78 is 39.5. The van der Waals surface area contributed by atoms with Crippen molar-refractivity contribution in [1.29, 1.82) is 0 Å². The van der Waals surface area contributed by atoms with Gasteiger partial charge in [-0.2, -0.15) is 0 Å². The van der Waals surface area contributed by atoms with Crippen LogP contribution in [-0.2, 0) is 11.3 Å². The largest absolute Gasteiger partial charge is 0.444 e. The number of amides is 1. The Morgan fingerprint density at radius 1 is 1.43 bits per heavy atom. The van der Waals surface area contributed by atoms with Crippen LogP contribution in [0.3, 0.4) is 0 Å². The Hall–Kier alpha value is -1.55. The number of likely N-dealkylation sites (tertiary alicyclic amines) is 1. The average Bonchev–Trinajstić information content (AvgIpc) is 2.56. The summed E-state index contributed by atoms with van der Waals surface area (Å²) >= 11 is 0. The third kappa shape index (κ3) is 5.87. The van der Waals surface area contributed by atoms with Crippen molar-refractivity contribution in [2.75, 3.05) is 13.1 Å². The van der Waals surface area contributed by atoms with Crippen molar-refractivity contribution in [3.05, 3.63) is 35.9 Å². The molecule has 0 aromatic heterocycles. The molecule has 0 bridgehead atoms. The minimum absolute atomic E-state index is 0.101. The number of piperidine rings is 1. The lowest BCUT2D eigenvalue weighted by molar-refractivity contribution is 0.00415. The van der Waals surface area contributed by atoms with E-state index in [0.717, 1.165) is 10.5 Å². The van der Waals surface area contributed by atoms with E-state index in [4.69, 9.17) is 10.2 Å². The Morgan fingerprint density at radius 2 is 2.13 bits per heavy atom. The van der Waals surface area contributed by atoms with E-state index in [-0.39, 0.29) is 13.1 Å². The van der Waals surface area contributed by atoms with Crippen LogP contribution in [0.1, 0.15) is 51.5 Å². The van der Waals surface area contributed by atoms with Crippen LogP contribution in [0.4, 0.5) is 4.79 Å². The normalized spacial score (nSPS) is 33.1. The van der Waals surface area contributed by atoms with Crippen molar-refractivity contribution < 1.29 is 15.0 Å². The van der Waals surface area contributed by atoms with Gasteiger partial charge in [0, 0.05) is 29.8 Å². The van der Waals surface area contributed by atoms with Crippen molar-refractivity contribution in [3.8, 4) is 0 Å². The van der Waals surface area contributed by atoms with Gasteiger partial charge in [0.25, 0.3) is 0 Å². The van der Waals surface area contributed by atoms with E-state index in [1.165, 1.54) is 0 Å². The van der Waals surface area contributed by atoms with Gasteiger partial charge in [0.2, 0.25) is 0 Å². The second-order valence-electron chi connectivity index (χ2n) is 6.92. The molecule has 1 aromatic rings. The molecule has 1 saturated heterocycles. The summed E-state index contributed by atoms with van der Waals surface area (Å²) in [5.74, 6) is -0.403. The molecule has 1 heterocycles. The molecule has 0 saturated carbocycles. The molecule has 1 unspecified atom stereocenters. The Bertz CT molecular complexity index is 651. The van der Waals surface area contributed by atoms with E-state index in [0.29, 0.717) is 6.54 Å². The van der Waals surface area contributed by atoms with Gasteiger partial charge in [-0.1, -0.05) is 37.3 Å². The highest BCUT2D eigenvalue weighted by atomic mass is 16.6. The van der Waals surface area contributed by atoms with Gasteiger partial charge in [0.05, 0.1) is 1.37 Å². The highest BCUT2D eigenvalue weighted by molar-refractivity contribution is 5.68. The molecule has 0 radical (unpaired) electrons.